The van der Waals surface area contributed by atoms with E-state index in [0.717, 1.165) is 21.8 Å². The van der Waals surface area contributed by atoms with Gasteiger partial charge in [-0.25, -0.2) is 9.35 Å². The molecule has 0 aliphatic carbocycles. The summed E-state index contributed by atoms with van der Waals surface area (Å²) in [6.07, 6.45) is 3.83. The minimum atomic E-state index is 1.05. The summed E-state index contributed by atoms with van der Waals surface area (Å²) in [7, 11) is 0. The van der Waals surface area contributed by atoms with Crippen LogP contribution in [0.25, 0.3) is 21.8 Å². The van der Waals surface area contributed by atoms with Crippen LogP contribution in [-0.2, 0) is 0 Å². The number of hydrogen-bond acceptors (Lipinski definition) is 2. The van der Waals surface area contributed by atoms with Crippen LogP contribution in [0.3, 0.4) is 0 Å². The first kappa shape index (κ1) is 11.0. The van der Waals surface area contributed by atoms with E-state index in [9.17, 15) is 0 Å². The lowest BCUT2D eigenvalue weighted by molar-refractivity contribution is 0.720. The van der Waals surface area contributed by atoms with Gasteiger partial charge in [-0.3, -0.25) is 0 Å². The molecule has 0 fully saturated rings. The molecule has 2 heterocycles. The number of nitrogens with zero attached hydrogens (tertiary/aromatic N) is 4. The lowest BCUT2D eigenvalue weighted by Gasteiger charge is -1.97. The summed E-state index contributed by atoms with van der Waals surface area (Å²) in [5, 5.41) is 10.9. The van der Waals surface area contributed by atoms with Gasteiger partial charge in [-0.1, -0.05) is 36.4 Å². The molecule has 0 amide bonds. The van der Waals surface area contributed by atoms with Gasteiger partial charge in [0, 0.05) is 23.2 Å². The zero-order valence-electron chi connectivity index (χ0n) is 10.7. The molecule has 0 aliphatic heterocycles. The summed E-state index contributed by atoms with van der Waals surface area (Å²) in [6, 6.07) is 20.3. The summed E-state index contributed by atoms with van der Waals surface area (Å²) in [5.41, 5.74) is 2.10. The van der Waals surface area contributed by atoms with Crippen molar-refractivity contribution >= 4 is 21.8 Å². The van der Waals surface area contributed by atoms with E-state index in [-0.39, 0.29) is 0 Å². The van der Waals surface area contributed by atoms with Gasteiger partial charge in [0.05, 0.1) is 11.0 Å². The Morgan fingerprint density at radius 1 is 0.550 bits per heavy atom. The molecular weight excluding hydrogens is 248 g/mol. The molecule has 4 aromatic rings. The third-order valence-electron chi connectivity index (χ3n) is 3.39. The van der Waals surface area contributed by atoms with E-state index in [1.165, 1.54) is 0 Å². The number of aromatic nitrogens is 2. The van der Waals surface area contributed by atoms with Gasteiger partial charge in [0.15, 0.2) is 0 Å². The molecule has 0 aliphatic rings. The molecule has 0 spiro atoms. The minimum Gasteiger partial charge on any atom is -0.220 e. The number of fused-ring (bicyclic) bond motifs is 2. The molecule has 0 atom stereocenters. The molecule has 0 saturated carbocycles. The average molecular weight is 260 g/mol. The smallest absolute Gasteiger partial charge is 0.0736 e. The lowest BCUT2D eigenvalue weighted by atomic mass is 10.3. The Kier molecular flexibility index (Phi) is 2.39. The van der Waals surface area contributed by atoms with Crippen LogP contribution in [0.4, 0.5) is 0 Å². The van der Waals surface area contributed by atoms with Gasteiger partial charge >= 0.3 is 0 Å². The molecule has 0 radical (unpaired) electrons. The summed E-state index contributed by atoms with van der Waals surface area (Å²) >= 11 is 0. The minimum absolute atomic E-state index is 1.05. The van der Waals surface area contributed by atoms with Crippen molar-refractivity contribution in [1.82, 2.24) is 9.35 Å². The van der Waals surface area contributed by atoms with Crippen molar-refractivity contribution in [3.63, 3.8) is 0 Å². The predicted molar refractivity (Wildman–Crippen MR) is 79.5 cm³/mol. The zero-order valence-corrected chi connectivity index (χ0v) is 10.7. The van der Waals surface area contributed by atoms with Crippen molar-refractivity contribution in [3.8, 4) is 0 Å². The largest absolute Gasteiger partial charge is 0.220 e. The van der Waals surface area contributed by atoms with E-state index in [0.29, 0.717) is 0 Å². The highest BCUT2D eigenvalue weighted by Gasteiger charge is 2.00. The van der Waals surface area contributed by atoms with E-state index < -0.39 is 0 Å². The van der Waals surface area contributed by atoms with E-state index >= 15 is 0 Å². The molecular formula is C16H12N4. The van der Waals surface area contributed by atoms with Crippen molar-refractivity contribution in [2.24, 2.45) is 10.4 Å². The van der Waals surface area contributed by atoms with Gasteiger partial charge in [0.1, 0.15) is 0 Å². The van der Waals surface area contributed by atoms with Gasteiger partial charge < -0.3 is 0 Å². The van der Waals surface area contributed by atoms with Crippen molar-refractivity contribution in [2.45, 2.75) is 0 Å². The first-order valence-electron chi connectivity index (χ1n) is 6.46. The molecule has 96 valence electrons. The Morgan fingerprint density at radius 2 is 1.00 bits per heavy atom. The maximum Gasteiger partial charge on any atom is 0.0736 e. The van der Waals surface area contributed by atoms with Crippen LogP contribution in [0.2, 0.25) is 0 Å². The van der Waals surface area contributed by atoms with Crippen LogP contribution in [-0.4, -0.2) is 9.35 Å². The first-order chi connectivity index (χ1) is 9.92. The summed E-state index contributed by atoms with van der Waals surface area (Å²) in [6.45, 7) is 0. The quantitative estimate of drug-likeness (QED) is 0.482. The lowest BCUT2D eigenvalue weighted by Crippen LogP contribution is -1.88. The van der Waals surface area contributed by atoms with Gasteiger partial charge in [0.25, 0.3) is 0 Å². The maximum absolute atomic E-state index is 4.29. The second-order valence-electron chi connectivity index (χ2n) is 4.62. The van der Waals surface area contributed by atoms with Crippen LogP contribution in [0.5, 0.6) is 0 Å². The molecule has 4 heteroatoms. The zero-order chi connectivity index (χ0) is 13.4. The fourth-order valence-electron chi connectivity index (χ4n) is 2.38. The molecule has 0 N–H and O–H groups in total. The SMILES string of the molecule is c1ccc2c(c1)ccn2/N=N/n1ccc2ccccc21. The summed E-state index contributed by atoms with van der Waals surface area (Å²) in [5.74, 6) is 0. The molecule has 4 nitrogen and oxygen atoms in total. The Balaban J connectivity index is 1.78. The van der Waals surface area contributed by atoms with Gasteiger partial charge in [-0.15, -0.1) is 0 Å². The maximum atomic E-state index is 4.29. The van der Waals surface area contributed by atoms with Crippen LogP contribution >= 0.6 is 0 Å². The Morgan fingerprint density at radius 3 is 1.50 bits per heavy atom. The second-order valence-corrected chi connectivity index (χ2v) is 4.62. The summed E-state index contributed by atoms with van der Waals surface area (Å²) < 4.78 is 3.56. The molecule has 0 bridgehead atoms. The third kappa shape index (κ3) is 1.70. The normalized spacial score (nSPS) is 11.8. The molecule has 4 rings (SSSR count). The fraction of sp³-hybridized carbons (Fsp3) is 0. The highest BCUT2D eigenvalue weighted by atomic mass is 15.6. The van der Waals surface area contributed by atoms with E-state index in [1.807, 2.05) is 60.9 Å². The number of hydrogen-bond donors (Lipinski definition) is 0. The van der Waals surface area contributed by atoms with Crippen molar-refractivity contribution in [2.75, 3.05) is 0 Å². The van der Waals surface area contributed by atoms with E-state index in [4.69, 9.17) is 0 Å². The summed E-state index contributed by atoms with van der Waals surface area (Å²) in [4.78, 5) is 0. The molecule has 2 aromatic heterocycles. The number of para-hydroxylation sites is 2. The highest BCUT2D eigenvalue weighted by molar-refractivity contribution is 5.80. The van der Waals surface area contributed by atoms with Crippen molar-refractivity contribution < 1.29 is 0 Å². The Hall–Kier alpha value is -2.88. The number of rotatable bonds is 2. The van der Waals surface area contributed by atoms with Crippen LogP contribution < -0.4 is 0 Å². The van der Waals surface area contributed by atoms with Crippen molar-refractivity contribution in [3.05, 3.63) is 73.1 Å². The molecule has 0 unspecified atom stereocenters. The van der Waals surface area contributed by atoms with Gasteiger partial charge in [-0.05, 0) is 34.7 Å². The second kappa shape index (κ2) is 4.35. The van der Waals surface area contributed by atoms with Crippen LogP contribution in [0.15, 0.2) is 83.5 Å². The van der Waals surface area contributed by atoms with Crippen molar-refractivity contribution in [1.29, 1.82) is 0 Å². The van der Waals surface area contributed by atoms with E-state index in [1.54, 1.807) is 9.35 Å². The van der Waals surface area contributed by atoms with Gasteiger partial charge in [0.2, 0.25) is 0 Å². The monoisotopic (exact) mass is 260 g/mol. The molecule has 2 aromatic carbocycles. The standard InChI is InChI=1S/C16H12N4/c1-3-7-15-13(5-1)9-11-19(15)17-18-20-12-10-14-6-2-4-8-16(14)20/h1-12H/b18-17+. The topological polar surface area (TPSA) is 34.6 Å². The fourth-order valence-corrected chi connectivity index (χ4v) is 2.38. The third-order valence-corrected chi connectivity index (χ3v) is 3.39. The molecule has 0 saturated heterocycles. The van der Waals surface area contributed by atoms with Crippen LogP contribution in [0.1, 0.15) is 0 Å². The average Bonchev–Trinajstić information content (AvgIpc) is 3.09. The van der Waals surface area contributed by atoms with E-state index in [2.05, 4.69) is 22.6 Å². The highest BCUT2D eigenvalue weighted by Crippen LogP contribution is 2.17. The number of benzene rings is 2. The predicted octanol–water partition coefficient (Wildman–Crippen LogP) is 4.27. The molecule has 20 heavy (non-hydrogen) atoms. The Bertz CT molecular complexity index is 838. The Labute approximate surface area is 115 Å². The van der Waals surface area contributed by atoms with Crippen LogP contribution in [0, 0.1) is 0 Å². The van der Waals surface area contributed by atoms with Gasteiger partial charge in [-0.2, -0.15) is 0 Å². The first-order valence-corrected chi connectivity index (χ1v) is 6.46.